The van der Waals surface area contributed by atoms with Crippen molar-refractivity contribution < 1.29 is 18.0 Å². The number of benzene rings is 2. The Bertz CT molecular complexity index is 1020. The monoisotopic (exact) mass is 387 g/mol. The van der Waals surface area contributed by atoms with E-state index in [1.807, 2.05) is 38.1 Å². The Balaban J connectivity index is 1.84. The highest BCUT2D eigenvalue weighted by atomic mass is 19.4. The Morgan fingerprint density at radius 2 is 1.79 bits per heavy atom. The van der Waals surface area contributed by atoms with Gasteiger partial charge in [0.15, 0.2) is 0 Å². The van der Waals surface area contributed by atoms with Gasteiger partial charge in [-0.25, -0.2) is 0 Å². The molecule has 0 radical (unpaired) electrons. The van der Waals surface area contributed by atoms with Crippen molar-refractivity contribution in [3.8, 4) is 0 Å². The van der Waals surface area contributed by atoms with Gasteiger partial charge in [-0.2, -0.15) is 18.3 Å². The molecule has 146 valence electrons. The van der Waals surface area contributed by atoms with Crippen LogP contribution in [0.15, 0.2) is 48.5 Å². The summed E-state index contributed by atoms with van der Waals surface area (Å²) in [5.41, 5.74) is 3.17. The molecule has 0 bridgehead atoms. The summed E-state index contributed by atoms with van der Waals surface area (Å²) in [7, 11) is 0. The fourth-order valence-corrected chi connectivity index (χ4v) is 3.00. The van der Waals surface area contributed by atoms with Gasteiger partial charge in [0.05, 0.1) is 29.2 Å². The maximum Gasteiger partial charge on any atom is 0.416 e. The van der Waals surface area contributed by atoms with Crippen molar-refractivity contribution in [2.24, 2.45) is 0 Å². The van der Waals surface area contributed by atoms with Crippen molar-refractivity contribution in [3.05, 3.63) is 82.2 Å². The van der Waals surface area contributed by atoms with Crippen LogP contribution in [0, 0.1) is 20.8 Å². The molecule has 0 aliphatic rings. The third kappa shape index (κ3) is 4.08. The minimum absolute atomic E-state index is 0.0553. The normalized spacial score (nSPS) is 11.5. The second-order valence-corrected chi connectivity index (χ2v) is 6.66. The number of carbonyl (C=O) groups is 1. The largest absolute Gasteiger partial charge is 0.416 e. The third-order valence-corrected chi connectivity index (χ3v) is 4.65. The zero-order valence-corrected chi connectivity index (χ0v) is 15.8. The molecule has 7 heteroatoms. The van der Waals surface area contributed by atoms with E-state index in [9.17, 15) is 18.0 Å². The summed E-state index contributed by atoms with van der Waals surface area (Å²) >= 11 is 0. The van der Waals surface area contributed by atoms with Crippen molar-refractivity contribution in [1.82, 2.24) is 9.78 Å². The minimum atomic E-state index is -4.50. The number of aryl methyl sites for hydroxylation is 2. The van der Waals surface area contributed by atoms with Crippen molar-refractivity contribution in [2.45, 2.75) is 33.5 Å². The second-order valence-electron chi connectivity index (χ2n) is 6.66. The summed E-state index contributed by atoms with van der Waals surface area (Å²) in [6.45, 7) is 6.12. The Kier molecular flexibility index (Phi) is 5.27. The molecule has 1 N–H and O–H groups in total. The van der Waals surface area contributed by atoms with Gasteiger partial charge < -0.3 is 5.32 Å². The van der Waals surface area contributed by atoms with Gasteiger partial charge >= 0.3 is 6.18 Å². The number of nitrogens with one attached hydrogen (secondary N) is 1. The number of halogens is 3. The van der Waals surface area contributed by atoms with Gasteiger partial charge in [0.2, 0.25) is 0 Å². The lowest BCUT2D eigenvalue weighted by Gasteiger charge is -2.10. The van der Waals surface area contributed by atoms with Crippen LogP contribution in [-0.4, -0.2) is 15.7 Å². The van der Waals surface area contributed by atoms with E-state index in [0.717, 1.165) is 29.0 Å². The molecule has 0 atom stereocenters. The summed E-state index contributed by atoms with van der Waals surface area (Å²) in [6.07, 6.45) is -4.50. The molecule has 0 unspecified atom stereocenters. The Hall–Kier alpha value is -3.09. The number of anilines is 1. The molecule has 3 aromatic rings. The van der Waals surface area contributed by atoms with Crippen molar-refractivity contribution in [1.29, 1.82) is 0 Å². The van der Waals surface area contributed by atoms with E-state index >= 15 is 0 Å². The fourth-order valence-electron chi connectivity index (χ4n) is 3.00. The summed E-state index contributed by atoms with van der Waals surface area (Å²) in [6, 6.07) is 12.3. The predicted octanol–water partition coefficient (Wildman–Crippen LogP) is 5.13. The number of alkyl halides is 3. The maximum atomic E-state index is 12.9. The van der Waals surface area contributed by atoms with E-state index in [0.29, 0.717) is 17.9 Å². The van der Waals surface area contributed by atoms with Crippen LogP contribution in [0.2, 0.25) is 0 Å². The number of aromatic nitrogens is 2. The molecule has 28 heavy (non-hydrogen) atoms. The molecule has 0 aliphatic carbocycles. The highest BCUT2D eigenvalue weighted by molar-refractivity contribution is 6.05. The van der Waals surface area contributed by atoms with Gasteiger partial charge in [0.25, 0.3) is 5.91 Å². The van der Waals surface area contributed by atoms with Crippen molar-refractivity contribution in [2.75, 3.05) is 5.32 Å². The Morgan fingerprint density at radius 1 is 1.07 bits per heavy atom. The number of amides is 1. The highest BCUT2D eigenvalue weighted by Crippen LogP contribution is 2.30. The average molecular weight is 387 g/mol. The predicted molar refractivity (Wildman–Crippen MR) is 101 cm³/mol. The zero-order chi connectivity index (χ0) is 20.5. The maximum absolute atomic E-state index is 12.9. The molecule has 1 heterocycles. The van der Waals surface area contributed by atoms with Crippen LogP contribution < -0.4 is 5.32 Å². The van der Waals surface area contributed by atoms with E-state index in [2.05, 4.69) is 10.4 Å². The first-order valence-electron chi connectivity index (χ1n) is 8.74. The average Bonchev–Trinajstić information content (AvgIpc) is 2.90. The molecule has 4 nitrogen and oxygen atoms in total. The first kappa shape index (κ1) is 19.7. The zero-order valence-electron chi connectivity index (χ0n) is 15.8. The van der Waals surface area contributed by atoms with Crippen molar-refractivity contribution >= 4 is 11.6 Å². The van der Waals surface area contributed by atoms with E-state index in [1.165, 1.54) is 12.1 Å². The van der Waals surface area contributed by atoms with Crippen LogP contribution in [0.25, 0.3) is 0 Å². The third-order valence-electron chi connectivity index (χ3n) is 4.65. The number of carbonyl (C=O) groups excluding carboxylic acids is 1. The highest BCUT2D eigenvalue weighted by Gasteiger charge is 2.31. The molecule has 1 amide bonds. The van der Waals surface area contributed by atoms with Gasteiger partial charge in [-0.15, -0.1) is 0 Å². The Morgan fingerprint density at radius 3 is 2.46 bits per heavy atom. The van der Waals surface area contributed by atoms with E-state index in [4.69, 9.17) is 0 Å². The quantitative estimate of drug-likeness (QED) is 0.675. The van der Waals surface area contributed by atoms with E-state index in [-0.39, 0.29) is 5.56 Å². The van der Waals surface area contributed by atoms with E-state index in [1.54, 1.807) is 11.6 Å². The van der Waals surface area contributed by atoms with Gasteiger partial charge in [-0.1, -0.05) is 30.3 Å². The van der Waals surface area contributed by atoms with Gasteiger partial charge in [-0.3, -0.25) is 9.48 Å². The van der Waals surface area contributed by atoms with Crippen LogP contribution in [-0.2, 0) is 12.7 Å². The first-order chi connectivity index (χ1) is 13.2. The number of rotatable bonds is 4. The Labute approximate surface area is 161 Å². The summed E-state index contributed by atoms with van der Waals surface area (Å²) in [5, 5.41) is 7.18. The molecule has 0 saturated carbocycles. The molecule has 0 fully saturated rings. The summed E-state index contributed by atoms with van der Waals surface area (Å²) in [4.78, 5) is 12.5. The molecule has 2 aromatic carbocycles. The second kappa shape index (κ2) is 7.50. The number of nitrogens with zero attached hydrogens (tertiary/aromatic N) is 2. The smallest absolute Gasteiger partial charge is 0.319 e. The van der Waals surface area contributed by atoms with Gasteiger partial charge in [-0.05, 0) is 50.1 Å². The lowest BCUT2D eigenvalue weighted by Crippen LogP contribution is -2.15. The molecule has 0 aliphatic heterocycles. The van der Waals surface area contributed by atoms with Crippen LogP contribution in [0.1, 0.15) is 38.4 Å². The standard InChI is InChI=1S/C21H20F3N3O/c1-13-7-4-5-8-17(13)12-27-15(3)19(14(2)26-27)25-20(28)16-9-6-10-18(11-16)21(22,23)24/h4-11H,12H2,1-3H3,(H,25,28). The summed E-state index contributed by atoms with van der Waals surface area (Å²) in [5.74, 6) is -0.604. The van der Waals surface area contributed by atoms with Gasteiger partial charge in [0, 0.05) is 5.56 Å². The minimum Gasteiger partial charge on any atom is -0.319 e. The van der Waals surface area contributed by atoms with Crippen LogP contribution in [0.5, 0.6) is 0 Å². The molecular weight excluding hydrogens is 367 g/mol. The lowest BCUT2D eigenvalue weighted by molar-refractivity contribution is -0.137. The van der Waals surface area contributed by atoms with Crippen molar-refractivity contribution in [3.63, 3.8) is 0 Å². The molecule has 3 rings (SSSR count). The lowest BCUT2D eigenvalue weighted by atomic mass is 10.1. The van der Waals surface area contributed by atoms with Crippen LogP contribution >= 0.6 is 0 Å². The summed E-state index contributed by atoms with van der Waals surface area (Å²) < 4.78 is 40.4. The van der Waals surface area contributed by atoms with E-state index < -0.39 is 17.6 Å². The topological polar surface area (TPSA) is 46.9 Å². The van der Waals surface area contributed by atoms with Crippen LogP contribution in [0.3, 0.4) is 0 Å². The SMILES string of the molecule is Cc1ccccc1Cn1nc(C)c(NC(=O)c2cccc(C(F)(F)F)c2)c1C. The van der Waals surface area contributed by atoms with Gasteiger partial charge in [0.1, 0.15) is 0 Å². The molecule has 1 aromatic heterocycles. The first-order valence-corrected chi connectivity index (χ1v) is 8.74. The van der Waals surface area contributed by atoms with Crippen LogP contribution in [0.4, 0.5) is 18.9 Å². The number of hydrogen-bond acceptors (Lipinski definition) is 2. The fraction of sp³-hybridized carbons (Fsp3) is 0.238. The molecule has 0 saturated heterocycles. The molecule has 0 spiro atoms. The molecular formula is C21H20F3N3O. The number of hydrogen-bond donors (Lipinski definition) is 1.